The molecule has 1 saturated heterocycles. The average Bonchev–Trinajstić information content (AvgIpc) is 3.20. The van der Waals surface area contributed by atoms with Gasteiger partial charge in [0.25, 0.3) is 0 Å². The Labute approximate surface area is 343 Å². The van der Waals surface area contributed by atoms with Crippen LogP contribution in [0.5, 0.6) is 0 Å². The van der Waals surface area contributed by atoms with E-state index in [1.54, 1.807) is 6.08 Å². The summed E-state index contributed by atoms with van der Waals surface area (Å²) in [5.74, 6) is -0.187. The van der Waals surface area contributed by atoms with E-state index in [0.717, 1.165) is 25.7 Å². The molecule has 0 bridgehead atoms. The summed E-state index contributed by atoms with van der Waals surface area (Å²) in [7, 11) is 0. The quantitative estimate of drug-likeness (QED) is 0.0266. The Bertz CT molecular complexity index is 930. The lowest BCUT2D eigenvalue weighted by molar-refractivity contribution is -0.302. The maximum absolute atomic E-state index is 12.9. The second-order valence-corrected chi connectivity index (χ2v) is 16.6. The highest BCUT2D eigenvalue weighted by Gasteiger charge is 2.44. The molecule has 0 spiro atoms. The first kappa shape index (κ1) is 52.7. The highest BCUT2D eigenvalue weighted by Crippen LogP contribution is 2.23. The Hall–Kier alpha value is -1.33. The predicted octanol–water partition coefficient (Wildman–Crippen LogP) is 9.89. The topological polar surface area (TPSA) is 149 Å². The second kappa shape index (κ2) is 37.9. The maximum Gasteiger partial charge on any atom is 0.220 e. The fraction of sp³-hybridized carbons (Fsp3) is 0.894. The number of hydrogen-bond donors (Lipinski definition) is 6. The minimum atomic E-state index is -1.57. The van der Waals surface area contributed by atoms with Crippen LogP contribution in [0.25, 0.3) is 0 Å². The Morgan fingerprint density at radius 2 is 1.05 bits per heavy atom. The second-order valence-electron chi connectivity index (χ2n) is 16.6. The molecule has 9 heteroatoms. The molecular weight excluding hydrogens is 707 g/mol. The van der Waals surface area contributed by atoms with Crippen LogP contribution in [0, 0.1) is 0 Å². The van der Waals surface area contributed by atoms with Gasteiger partial charge >= 0.3 is 0 Å². The van der Waals surface area contributed by atoms with E-state index < -0.39 is 49.5 Å². The van der Waals surface area contributed by atoms with Crippen molar-refractivity contribution in [2.45, 2.75) is 256 Å². The highest BCUT2D eigenvalue weighted by atomic mass is 16.7. The fourth-order valence-electron chi connectivity index (χ4n) is 7.49. The zero-order valence-corrected chi connectivity index (χ0v) is 36.1. The van der Waals surface area contributed by atoms with Gasteiger partial charge in [-0.05, 0) is 25.7 Å². The number of rotatable bonds is 39. The predicted molar refractivity (Wildman–Crippen MR) is 230 cm³/mol. The number of ether oxygens (including phenoxy) is 2. The molecule has 0 aromatic heterocycles. The molecule has 7 unspecified atom stereocenters. The summed E-state index contributed by atoms with van der Waals surface area (Å²) < 4.78 is 11.2. The first-order valence-electron chi connectivity index (χ1n) is 23.6. The number of carbonyl (C=O) groups is 1. The van der Waals surface area contributed by atoms with Crippen molar-refractivity contribution >= 4 is 5.91 Å². The Balaban J connectivity index is 2.32. The first-order chi connectivity index (χ1) is 27.3. The molecule has 0 saturated carbocycles. The molecule has 1 aliphatic rings. The van der Waals surface area contributed by atoms with Crippen molar-refractivity contribution in [3.05, 3.63) is 24.3 Å². The van der Waals surface area contributed by atoms with Crippen molar-refractivity contribution in [1.82, 2.24) is 5.32 Å². The minimum Gasteiger partial charge on any atom is -0.394 e. The summed E-state index contributed by atoms with van der Waals surface area (Å²) in [6.07, 6.45) is 38.0. The summed E-state index contributed by atoms with van der Waals surface area (Å²) in [6.45, 7) is 3.75. The molecule has 0 aliphatic carbocycles. The molecule has 0 radical (unpaired) electrons. The zero-order chi connectivity index (χ0) is 40.9. The number of nitrogens with one attached hydrogen (secondary N) is 1. The van der Waals surface area contributed by atoms with Gasteiger partial charge in [0.2, 0.25) is 5.91 Å². The number of aliphatic hydroxyl groups excluding tert-OH is 5. The van der Waals surface area contributed by atoms with Gasteiger partial charge in [-0.15, -0.1) is 0 Å². The van der Waals surface area contributed by atoms with Crippen LogP contribution in [0.2, 0.25) is 0 Å². The zero-order valence-electron chi connectivity index (χ0n) is 36.1. The molecule has 56 heavy (non-hydrogen) atoms. The molecule has 7 atom stereocenters. The molecule has 1 amide bonds. The molecule has 1 rings (SSSR count). The van der Waals surface area contributed by atoms with Crippen molar-refractivity contribution in [1.29, 1.82) is 0 Å². The van der Waals surface area contributed by atoms with E-state index in [0.29, 0.717) is 12.8 Å². The van der Waals surface area contributed by atoms with Crippen LogP contribution >= 0.6 is 0 Å². The maximum atomic E-state index is 12.9. The van der Waals surface area contributed by atoms with Gasteiger partial charge in [0.05, 0.1) is 25.4 Å². The molecule has 1 heterocycles. The van der Waals surface area contributed by atoms with Crippen molar-refractivity contribution < 1.29 is 39.8 Å². The van der Waals surface area contributed by atoms with Crippen LogP contribution in [-0.2, 0) is 14.3 Å². The Kier molecular flexibility index (Phi) is 35.7. The Morgan fingerprint density at radius 1 is 0.607 bits per heavy atom. The van der Waals surface area contributed by atoms with Gasteiger partial charge in [-0.3, -0.25) is 4.79 Å². The van der Waals surface area contributed by atoms with Crippen molar-refractivity contribution in [3.8, 4) is 0 Å². The van der Waals surface area contributed by atoms with Gasteiger partial charge in [-0.2, -0.15) is 0 Å². The Morgan fingerprint density at radius 3 is 1.52 bits per heavy atom. The monoisotopic (exact) mass is 796 g/mol. The minimum absolute atomic E-state index is 0.187. The third-order valence-electron chi connectivity index (χ3n) is 11.3. The number of aliphatic hydroxyl groups is 5. The summed E-state index contributed by atoms with van der Waals surface area (Å²) in [5, 5.41) is 54.1. The van der Waals surface area contributed by atoms with Crippen LogP contribution in [0.3, 0.4) is 0 Å². The van der Waals surface area contributed by atoms with Gasteiger partial charge < -0.3 is 40.3 Å². The third-order valence-corrected chi connectivity index (χ3v) is 11.3. The number of unbranched alkanes of at least 4 members (excludes halogenated alkanes) is 27. The van der Waals surface area contributed by atoms with Crippen LogP contribution in [0.4, 0.5) is 0 Å². The first-order valence-corrected chi connectivity index (χ1v) is 23.6. The van der Waals surface area contributed by atoms with E-state index >= 15 is 0 Å². The third kappa shape index (κ3) is 28.2. The van der Waals surface area contributed by atoms with E-state index in [-0.39, 0.29) is 12.5 Å². The average molecular weight is 796 g/mol. The van der Waals surface area contributed by atoms with Crippen molar-refractivity contribution in [3.63, 3.8) is 0 Å². The number of amides is 1. The van der Waals surface area contributed by atoms with Crippen LogP contribution in [0.15, 0.2) is 24.3 Å². The fourth-order valence-corrected chi connectivity index (χ4v) is 7.49. The van der Waals surface area contributed by atoms with E-state index in [9.17, 15) is 30.3 Å². The SMILES string of the molecule is CCCCCCCCCCC=CCC=CC(O)C(COC1OC(CO)C(O)C(O)C1O)NC(=O)CCCCCCCCCCCCCCCCCCCCCC. The van der Waals surface area contributed by atoms with Gasteiger partial charge in [0.1, 0.15) is 24.4 Å². The molecule has 0 aromatic rings. The standard InChI is InChI=1S/C47H89NO8/c1-3-5-7-9-11-13-15-17-18-19-20-21-22-23-25-27-29-31-33-35-37-43(51)48-40(39-55-47-46(54)45(53)44(52)42(38-49)56-47)41(50)36-34-32-30-28-26-24-16-14-12-10-8-6-4-2/h28,30,34,36,40-42,44-47,49-50,52-54H,3-27,29,31-33,35,37-39H2,1-2H3,(H,48,51). The van der Waals surface area contributed by atoms with E-state index in [4.69, 9.17) is 9.47 Å². The van der Waals surface area contributed by atoms with Gasteiger partial charge in [-0.25, -0.2) is 0 Å². The lowest BCUT2D eigenvalue weighted by Crippen LogP contribution is -2.60. The van der Waals surface area contributed by atoms with Gasteiger partial charge in [-0.1, -0.05) is 205 Å². The normalized spacial score (nSPS) is 21.3. The van der Waals surface area contributed by atoms with E-state index in [2.05, 4.69) is 31.3 Å². The molecule has 0 aromatic carbocycles. The number of hydrogen-bond acceptors (Lipinski definition) is 8. The highest BCUT2D eigenvalue weighted by molar-refractivity contribution is 5.76. The summed E-state index contributed by atoms with van der Waals surface area (Å²) in [5.41, 5.74) is 0. The van der Waals surface area contributed by atoms with Crippen molar-refractivity contribution in [2.75, 3.05) is 13.2 Å². The largest absolute Gasteiger partial charge is 0.394 e. The molecule has 9 nitrogen and oxygen atoms in total. The van der Waals surface area contributed by atoms with Gasteiger partial charge in [0, 0.05) is 6.42 Å². The van der Waals surface area contributed by atoms with E-state index in [1.165, 1.54) is 161 Å². The van der Waals surface area contributed by atoms with Crippen molar-refractivity contribution in [2.24, 2.45) is 0 Å². The van der Waals surface area contributed by atoms with Crippen LogP contribution in [-0.4, -0.2) is 87.5 Å². The molecule has 1 fully saturated rings. The lowest BCUT2D eigenvalue weighted by atomic mass is 9.99. The molecular formula is C47H89NO8. The van der Waals surface area contributed by atoms with Gasteiger partial charge in [0.15, 0.2) is 6.29 Å². The number of allylic oxidation sites excluding steroid dienone is 3. The number of carbonyl (C=O) groups excluding carboxylic acids is 1. The lowest BCUT2D eigenvalue weighted by Gasteiger charge is -2.40. The molecule has 6 N–H and O–H groups in total. The van der Waals surface area contributed by atoms with Crippen LogP contribution < -0.4 is 5.32 Å². The summed E-state index contributed by atoms with van der Waals surface area (Å²) in [6, 6.07) is -0.822. The smallest absolute Gasteiger partial charge is 0.220 e. The molecule has 1 aliphatic heterocycles. The van der Waals surface area contributed by atoms with Crippen LogP contribution in [0.1, 0.15) is 213 Å². The summed E-state index contributed by atoms with van der Waals surface area (Å²) >= 11 is 0. The summed E-state index contributed by atoms with van der Waals surface area (Å²) in [4.78, 5) is 12.9. The van der Waals surface area contributed by atoms with E-state index in [1.807, 2.05) is 6.08 Å². The molecule has 330 valence electrons.